The van der Waals surface area contributed by atoms with Gasteiger partial charge >= 0.3 is 5.97 Å². The van der Waals surface area contributed by atoms with E-state index in [0.29, 0.717) is 0 Å². The van der Waals surface area contributed by atoms with Gasteiger partial charge in [-0.25, -0.2) is 4.79 Å². The summed E-state index contributed by atoms with van der Waals surface area (Å²) in [6.07, 6.45) is 0.674. The number of hydrogen-bond acceptors (Lipinski definition) is 6. The van der Waals surface area contributed by atoms with Gasteiger partial charge < -0.3 is 14.9 Å². The van der Waals surface area contributed by atoms with Crippen molar-refractivity contribution in [3.63, 3.8) is 0 Å². The number of aliphatic hydroxyl groups excluding tert-OH is 1. The molecule has 0 amide bonds. The van der Waals surface area contributed by atoms with Gasteiger partial charge in [0.15, 0.2) is 0 Å². The van der Waals surface area contributed by atoms with Gasteiger partial charge in [0.25, 0.3) is 5.70 Å². The SMILES string of the molecule is COC(=O)C1=CC(C)(O)CC([N+](=O)[O-])=C1O. The highest BCUT2D eigenvalue weighted by atomic mass is 16.6. The van der Waals surface area contributed by atoms with Gasteiger partial charge in [0.1, 0.15) is 5.57 Å². The van der Waals surface area contributed by atoms with E-state index in [9.17, 15) is 25.1 Å². The fraction of sp³-hybridized carbons (Fsp3) is 0.444. The largest absolute Gasteiger partial charge is 0.502 e. The molecule has 7 heteroatoms. The first-order valence-corrected chi connectivity index (χ1v) is 4.39. The number of hydrogen-bond donors (Lipinski definition) is 2. The van der Waals surface area contributed by atoms with Gasteiger partial charge in [0, 0.05) is 0 Å². The number of carbonyl (C=O) groups is 1. The molecule has 1 aliphatic rings. The predicted octanol–water partition coefficient (Wildman–Crippen LogP) is 0.287. The van der Waals surface area contributed by atoms with E-state index < -0.39 is 33.5 Å². The Kier molecular flexibility index (Phi) is 2.99. The van der Waals surface area contributed by atoms with Crippen molar-refractivity contribution in [3.8, 4) is 0 Å². The molecule has 88 valence electrons. The molecule has 7 nitrogen and oxygen atoms in total. The standard InChI is InChI=1S/C9H11NO6/c1-9(13)3-5(8(12)16-2)7(11)6(4-9)10(14)15/h3,11,13H,4H2,1-2H3. The Bertz CT molecular complexity index is 406. The summed E-state index contributed by atoms with van der Waals surface area (Å²) in [7, 11) is 1.08. The lowest BCUT2D eigenvalue weighted by Gasteiger charge is -2.23. The topological polar surface area (TPSA) is 110 Å². The summed E-state index contributed by atoms with van der Waals surface area (Å²) in [5, 5.41) is 29.8. The number of ether oxygens (including phenoxy) is 1. The molecule has 1 aliphatic carbocycles. The van der Waals surface area contributed by atoms with Crippen LogP contribution in [-0.2, 0) is 9.53 Å². The van der Waals surface area contributed by atoms with E-state index in [-0.39, 0.29) is 6.42 Å². The summed E-state index contributed by atoms with van der Waals surface area (Å²) in [5.41, 5.74) is -2.56. The second kappa shape index (κ2) is 3.93. The molecule has 0 fully saturated rings. The van der Waals surface area contributed by atoms with Crippen molar-refractivity contribution in [3.05, 3.63) is 33.2 Å². The van der Waals surface area contributed by atoms with Crippen LogP contribution >= 0.6 is 0 Å². The Morgan fingerprint density at radius 1 is 1.69 bits per heavy atom. The molecule has 0 bridgehead atoms. The van der Waals surface area contributed by atoms with Crippen molar-refractivity contribution < 1.29 is 24.7 Å². The van der Waals surface area contributed by atoms with Gasteiger partial charge in [-0.05, 0) is 13.0 Å². The molecule has 1 atom stereocenters. The fourth-order valence-corrected chi connectivity index (χ4v) is 1.43. The van der Waals surface area contributed by atoms with Crippen LogP contribution in [0.15, 0.2) is 23.1 Å². The first kappa shape index (κ1) is 12.2. The van der Waals surface area contributed by atoms with E-state index in [1.807, 2.05) is 0 Å². The lowest BCUT2D eigenvalue weighted by atomic mass is 9.90. The quantitative estimate of drug-likeness (QED) is 0.400. The summed E-state index contributed by atoms with van der Waals surface area (Å²) in [5.74, 6) is -1.69. The molecule has 0 aromatic rings. The third-order valence-corrected chi connectivity index (χ3v) is 2.13. The van der Waals surface area contributed by atoms with Crippen molar-refractivity contribution in [2.24, 2.45) is 0 Å². The first-order chi connectivity index (χ1) is 7.28. The minimum atomic E-state index is -1.56. The van der Waals surface area contributed by atoms with Crippen molar-refractivity contribution in [1.82, 2.24) is 0 Å². The normalized spacial score (nSPS) is 25.1. The van der Waals surface area contributed by atoms with Gasteiger partial charge in [-0.1, -0.05) is 0 Å². The Labute approximate surface area is 90.8 Å². The maximum Gasteiger partial charge on any atom is 0.341 e. The van der Waals surface area contributed by atoms with Crippen molar-refractivity contribution in [2.45, 2.75) is 18.9 Å². The molecule has 0 spiro atoms. The molecule has 0 saturated carbocycles. The summed E-state index contributed by atoms with van der Waals surface area (Å²) in [6.45, 7) is 1.30. The van der Waals surface area contributed by atoms with Crippen LogP contribution in [0.5, 0.6) is 0 Å². The van der Waals surface area contributed by atoms with Crippen LogP contribution in [0.2, 0.25) is 0 Å². The maximum atomic E-state index is 11.2. The van der Waals surface area contributed by atoms with Gasteiger partial charge in [-0.15, -0.1) is 0 Å². The highest BCUT2D eigenvalue weighted by Gasteiger charge is 2.38. The van der Waals surface area contributed by atoms with Crippen molar-refractivity contribution in [1.29, 1.82) is 0 Å². The molecular formula is C9H11NO6. The zero-order chi connectivity index (χ0) is 12.5. The number of carbonyl (C=O) groups excluding carboxylic acids is 1. The Morgan fingerprint density at radius 3 is 2.69 bits per heavy atom. The van der Waals surface area contributed by atoms with Crippen LogP contribution < -0.4 is 0 Å². The summed E-state index contributed by atoms with van der Waals surface area (Å²) < 4.78 is 4.35. The second-order valence-electron chi connectivity index (χ2n) is 3.64. The Balaban J connectivity index is 3.28. The van der Waals surface area contributed by atoms with Crippen LogP contribution in [0.3, 0.4) is 0 Å². The van der Waals surface area contributed by atoms with E-state index >= 15 is 0 Å². The monoisotopic (exact) mass is 229 g/mol. The number of rotatable bonds is 2. The molecule has 0 heterocycles. The zero-order valence-corrected chi connectivity index (χ0v) is 8.76. The average Bonchev–Trinajstić information content (AvgIpc) is 2.19. The number of aliphatic hydroxyl groups is 2. The first-order valence-electron chi connectivity index (χ1n) is 4.39. The third kappa shape index (κ3) is 2.19. The van der Waals surface area contributed by atoms with E-state index in [2.05, 4.69) is 4.74 Å². The smallest absolute Gasteiger partial charge is 0.341 e. The van der Waals surface area contributed by atoms with Gasteiger partial charge in [-0.2, -0.15) is 0 Å². The van der Waals surface area contributed by atoms with Crippen LogP contribution in [0, 0.1) is 10.1 Å². The molecule has 2 N–H and O–H groups in total. The van der Waals surface area contributed by atoms with Crippen LogP contribution in [0.4, 0.5) is 0 Å². The Hall–Kier alpha value is -1.89. The van der Waals surface area contributed by atoms with E-state index in [4.69, 9.17) is 0 Å². The van der Waals surface area contributed by atoms with E-state index in [1.54, 1.807) is 0 Å². The molecule has 0 aliphatic heterocycles. The highest BCUT2D eigenvalue weighted by molar-refractivity contribution is 5.93. The molecule has 0 aromatic heterocycles. The maximum absolute atomic E-state index is 11.2. The van der Waals surface area contributed by atoms with Gasteiger partial charge in [0.05, 0.1) is 24.1 Å². The van der Waals surface area contributed by atoms with Crippen LogP contribution in [0.25, 0.3) is 0 Å². The van der Waals surface area contributed by atoms with Crippen molar-refractivity contribution in [2.75, 3.05) is 7.11 Å². The summed E-state index contributed by atoms with van der Waals surface area (Å²) in [4.78, 5) is 21.0. The van der Waals surface area contributed by atoms with Crippen LogP contribution in [-0.4, -0.2) is 33.8 Å². The fourth-order valence-electron chi connectivity index (χ4n) is 1.43. The molecule has 1 unspecified atom stereocenters. The number of methoxy groups -OCH3 is 1. The third-order valence-electron chi connectivity index (χ3n) is 2.13. The summed E-state index contributed by atoms with van der Waals surface area (Å²) >= 11 is 0. The molecule has 16 heavy (non-hydrogen) atoms. The van der Waals surface area contributed by atoms with Gasteiger partial charge in [-0.3, -0.25) is 10.1 Å². The lowest BCUT2D eigenvalue weighted by molar-refractivity contribution is -0.433. The minimum Gasteiger partial charge on any atom is -0.502 e. The van der Waals surface area contributed by atoms with Crippen molar-refractivity contribution >= 4 is 5.97 Å². The van der Waals surface area contributed by atoms with Gasteiger partial charge in [0.2, 0.25) is 5.76 Å². The lowest BCUT2D eigenvalue weighted by Crippen LogP contribution is -2.31. The molecule has 1 rings (SSSR count). The highest BCUT2D eigenvalue weighted by Crippen LogP contribution is 2.30. The molecule has 0 aromatic carbocycles. The van der Waals surface area contributed by atoms with E-state index in [1.165, 1.54) is 6.92 Å². The number of nitrogens with zero attached hydrogens (tertiary/aromatic N) is 1. The molecule has 0 saturated heterocycles. The molecular weight excluding hydrogens is 218 g/mol. The number of nitro groups is 1. The minimum absolute atomic E-state index is 0.369. The Morgan fingerprint density at radius 2 is 2.25 bits per heavy atom. The zero-order valence-electron chi connectivity index (χ0n) is 8.76. The molecule has 0 radical (unpaired) electrons. The second-order valence-corrected chi connectivity index (χ2v) is 3.64. The summed E-state index contributed by atoms with van der Waals surface area (Å²) in [6, 6.07) is 0. The average molecular weight is 229 g/mol. The van der Waals surface area contributed by atoms with Crippen LogP contribution in [0.1, 0.15) is 13.3 Å². The predicted molar refractivity (Wildman–Crippen MR) is 52.0 cm³/mol. The number of esters is 1. The van der Waals surface area contributed by atoms with E-state index in [0.717, 1.165) is 13.2 Å².